The Kier molecular flexibility index (Phi) is 6.43. The van der Waals surface area contributed by atoms with E-state index in [0.717, 1.165) is 56.9 Å². The number of piperidine rings is 1. The minimum atomic E-state index is 0.158. The monoisotopic (exact) mass is 373 g/mol. The Morgan fingerprint density at radius 1 is 0.963 bits per heavy atom. The van der Waals surface area contributed by atoms with Crippen molar-refractivity contribution in [2.24, 2.45) is 11.8 Å². The van der Waals surface area contributed by atoms with Crippen molar-refractivity contribution in [3.8, 4) is 0 Å². The lowest BCUT2D eigenvalue weighted by Gasteiger charge is -2.38. The molecular formula is C22H35N3O2+2. The molecule has 3 fully saturated rings. The third-order valence-corrected chi connectivity index (χ3v) is 6.79. The number of rotatable bonds is 5. The molecule has 1 aliphatic carbocycles. The highest BCUT2D eigenvalue weighted by Gasteiger charge is 2.34. The highest BCUT2D eigenvalue weighted by atomic mass is 16.5. The van der Waals surface area contributed by atoms with E-state index in [1.54, 1.807) is 4.90 Å². The fraction of sp³-hybridized carbons (Fsp3) is 0.682. The second-order valence-corrected chi connectivity index (χ2v) is 8.76. The van der Waals surface area contributed by atoms with E-state index in [-0.39, 0.29) is 5.91 Å². The Morgan fingerprint density at radius 2 is 1.70 bits per heavy atom. The van der Waals surface area contributed by atoms with E-state index in [1.165, 1.54) is 49.1 Å². The number of quaternary nitrogens is 2. The number of likely N-dealkylation sites (tertiary alicyclic amines) is 1. The molecule has 3 aliphatic rings. The molecule has 1 amide bonds. The number of anilines is 1. The lowest BCUT2D eigenvalue weighted by molar-refractivity contribution is -0.921. The summed E-state index contributed by atoms with van der Waals surface area (Å²) in [6.45, 7) is 7.90. The molecule has 4 rings (SSSR count). The third-order valence-electron chi connectivity index (χ3n) is 6.79. The van der Waals surface area contributed by atoms with Crippen LogP contribution in [0.3, 0.4) is 0 Å². The lowest BCUT2D eigenvalue weighted by atomic mass is 9.75. The molecule has 0 radical (unpaired) electrons. The first-order chi connectivity index (χ1) is 13.3. The summed E-state index contributed by atoms with van der Waals surface area (Å²) in [7, 11) is 0. The number of carbonyl (C=O) groups is 1. The molecule has 5 heteroatoms. The second kappa shape index (κ2) is 9.18. The van der Waals surface area contributed by atoms with Gasteiger partial charge in [0.25, 0.3) is 5.91 Å². The summed E-state index contributed by atoms with van der Waals surface area (Å²) in [4.78, 5) is 15.5. The van der Waals surface area contributed by atoms with Crippen molar-refractivity contribution in [1.29, 1.82) is 0 Å². The number of amides is 1. The fourth-order valence-corrected chi connectivity index (χ4v) is 5.22. The SMILES string of the molecule is O=C(C[NH+]1CC[C@@H]2CCCC[C@@H]2C1)Nc1ccc(C[NH+]2CCOCC2)cc1. The number of hydrogen-bond donors (Lipinski definition) is 3. The van der Waals surface area contributed by atoms with Crippen LogP contribution in [-0.4, -0.2) is 51.8 Å². The van der Waals surface area contributed by atoms with Crippen molar-refractivity contribution in [3.63, 3.8) is 0 Å². The van der Waals surface area contributed by atoms with E-state index in [1.807, 2.05) is 0 Å². The Labute approximate surface area is 163 Å². The minimum absolute atomic E-state index is 0.158. The van der Waals surface area contributed by atoms with E-state index >= 15 is 0 Å². The predicted molar refractivity (Wildman–Crippen MR) is 106 cm³/mol. The first-order valence-corrected chi connectivity index (χ1v) is 10.9. The zero-order valence-electron chi connectivity index (χ0n) is 16.5. The van der Waals surface area contributed by atoms with Gasteiger partial charge in [-0.1, -0.05) is 25.0 Å². The van der Waals surface area contributed by atoms with Gasteiger partial charge in [-0.15, -0.1) is 0 Å². The van der Waals surface area contributed by atoms with E-state index in [9.17, 15) is 4.79 Å². The highest BCUT2D eigenvalue weighted by molar-refractivity contribution is 5.91. The number of ether oxygens (including phenoxy) is 1. The van der Waals surface area contributed by atoms with Crippen molar-refractivity contribution in [2.45, 2.75) is 38.6 Å². The van der Waals surface area contributed by atoms with Crippen molar-refractivity contribution < 1.29 is 19.3 Å². The van der Waals surface area contributed by atoms with Crippen LogP contribution in [0, 0.1) is 11.8 Å². The summed E-state index contributed by atoms with van der Waals surface area (Å²) in [5, 5.41) is 3.11. The van der Waals surface area contributed by atoms with Gasteiger partial charge >= 0.3 is 0 Å². The van der Waals surface area contributed by atoms with Crippen LogP contribution in [0.4, 0.5) is 5.69 Å². The number of benzene rings is 1. The molecule has 0 aromatic heterocycles. The summed E-state index contributed by atoms with van der Waals surface area (Å²) in [6, 6.07) is 8.41. The van der Waals surface area contributed by atoms with Crippen LogP contribution in [0.15, 0.2) is 24.3 Å². The molecule has 3 N–H and O–H groups in total. The van der Waals surface area contributed by atoms with Gasteiger partial charge in [-0.3, -0.25) is 4.79 Å². The molecule has 148 valence electrons. The number of carbonyl (C=O) groups excluding carboxylic acids is 1. The van der Waals surface area contributed by atoms with Crippen molar-refractivity contribution >= 4 is 11.6 Å². The summed E-state index contributed by atoms with van der Waals surface area (Å²) in [5.74, 6) is 1.95. The summed E-state index contributed by atoms with van der Waals surface area (Å²) >= 11 is 0. The Morgan fingerprint density at radius 3 is 2.48 bits per heavy atom. The number of morpholine rings is 1. The van der Waals surface area contributed by atoms with Crippen molar-refractivity contribution in [1.82, 2.24) is 0 Å². The van der Waals surface area contributed by atoms with Gasteiger partial charge in [-0.2, -0.15) is 0 Å². The molecule has 5 nitrogen and oxygen atoms in total. The zero-order chi connectivity index (χ0) is 18.5. The van der Waals surface area contributed by atoms with Crippen molar-refractivity contribution in [2.75, 3.05) is 51.3 Å². The third kappa shape index (κ3) is 5.31. The Balaban J connectivity index is 1.23. The standard InChI is InChI=1S/C22H33N3O2/c26-22(17-25-10-9-19-3-1-2-4-20(19)16-25)23-21-7-5-18(6-8-21)15-24-11-13-27-14-12-24/h5-8,19-20H,1-4,9-17H2,(H,23,26)/p+2/t19-,20+/m0/s1. The maximum Gasteiger partial charge on any atom is 0.279 e. The summed E-state index contributed by atoms with van der Waals surface area (Å²) in [6.07, 6.45) is 6.91. The van der Waals surface area contributed by atoms with Gasteiger partial charge in [0.1, 0.15) is 19.6 Å². The van der Waals surface area contributed by atoms with Crippen LogP contribution in [0.2, 0.25) is 0 Å². The van der Waals surface area contributed by atoms with Crippen LogP contribution in [-0.2, 0) is 16.1 Å². The maximum atomic E-state index is 12.5. The average Bonchev–Trinajstić information content (AvgIpc) is 2.70. The molecule has 1 aromatic carbocycles. The van der Waals surface area contributed by atoms with Gasteiger partial charge in [0.05, 0.1) is 26.3 Å². The van der Waals surface area contributed by atoms with Crippen molar-refractivity contribution in [3.05, 3.63) is 29.8 Å². The minimum Gasteiger partial charge on any atom is -0.370 e. The first-order valence-electron chi connectivity index (χ1n) is 10.9. The van der Waals surface area contributed by atoms with Crippen LogP contribution < -0.4 is 15.1 Å². The van der Waals surface area contributed by atoms with E-state index < -0.39 is 0 Å². The molecule has 0 bridgehead atoms. The molecule has 27 heavy (non-hydrogen) atoms. The topological polar surface area (TPSA) is 47.2 Å². The normalized spacial score (nSPS) is 29.1. The second-order valence-electron chi connectivity index (χ2n) is 8.76. The lowest BCUT2D eigenvalue weighted by Crippen LogP contribution is -3.15. The fourth-order valence-electron chi connectivity index (χ4n) is 5.22. The quantitative estimate of drug-likeness (QED) is 0.687. The number of fused-ring (bicyclic) bond motifs is 1. The van der Waals surface area contributed by atoms with E-state index in [2.05, 4.69) is 29.6 Å². The highest BCUT2D eigenvalue weighted by Crippen LogP contribution is 2.32. The van der Waals surface area contributed by atoms with Gasteiger partial charge in [0, 0.05) is 17.2 Å². The molecular weight excluding hydrogens is 338 g/mol. The van der Waals surface area contributed by atoms with E-state index in [0.29, 0.717) is 6.54 Å². The molecule has 1 unspecified atom stereocenters. The summed E-state index contributed by atoms with van der Waals surface area (Å²) < 4.78 is 5.42. The van der Waals surface area contributed by atoms with Crippen LogP contribution >= 0.6 is 0 Å². The predicted octanol–water partition coefficient (Wildman–Crippen LogP) is 0.135. The van der Waals surface area contributed by atoms with Gasteiger partial charge in [0.15, 0.2) is 6.54 Å². The van der Waals surface area contributed by atoms with Crippen LogP contribution in [0.5, 0.6) is 0 Å². The van der Waals surface area contributed by atoms with Gasteiger partial charge in [-0.25, -0.2) is 0 Å². The van der Waals surface area contributed by atoms with Gasteiger partial charge < -0.3 is 19.9 Å². The Hall–Kier alpha value is -1.43. The summed E-state index contributed by atoms with van der Waals surface area (Å²) in [5.41, 5.74) is 2.25. The van der Waals surface area contributed by atoms with Crippen LogP contribution in [0.1, 0.15) is 37.7 Å². The molecule has 1 aromatic rings. The molecule has 0 spiro atoms. The number of hydrogen-bond acceptors (Lipinski definition) is 2. The molecule has 3 atom stereocenters. The largest absolute Gasteiger partial charge is 0.370 e. The number of nitrogens with one attached hydrogen (secondary N) is 3. The molecule has 2 heterocycles. The maximum absolute atomic E-state index is 12.5. The van der Waals surface area contributed by atoms with Crippen LogP contribution in [0.25, 0.3) is 0 Å². The van der Waals surface area contributed by atoms with E-state index in [4.69, 9.17) is 4.74 Å². The first kappa shape index (κ1) is 18.9. The van der Waals surface area contributed by atoms with Gasteiger partial charge in [-0.05, 0) is 37.3 Å². The average molecular weight is 374 g/mol. The molecule has 2 saturated heterocycles. The molecule has 2 aliphatic heterocycles. The smallest absolute Gasteiger partial charge is 0.279 e. The zero-order valence-corrected chi connectivity index (χ0v) is 16.5. The van der Waals surface area contributed by atoms with Gasteiger partial charge in [0.2, 0.25) is 0 Å². The Bertz CT molecular complexity index is 612. The molecule has 1 saturated carbocycles.